The summed E-state index contributed by atoms with van der Waals surface area (Å²) in [4.78, 5) is 0. The molecule has 1 aromatic carbocycles. The Morgan fingerprint density at radius 3 is 2.84 bits per heavy atom. The third-order valence-corrected chi connectivity index (χ3v) is 3.16. The number of aryl methyl sites for hydroxylation is 1. The SMILES string of the molecule is Cn1cc(-c2ccc3c(c2)OCCCO3)c(CN)n1. The Hall–Kier alpha value is -2.01. The van der Waals surface area contributed by atoms with E-state index in [0.717, 1.165) is 34.7 Å². The van der Waals surface area contributed by atoms with E-state index in [0.29, 0.717) is 19.8 Å². The topological polar surface area (TPSA) is 62.3 Å². The summed E-state index contributed by atoms with van der Waals surface area (Å²) in [5.41, 5.74) is 8.71. The van der Waals surface area contributed by atoms with E-state index in [9.17, 15) is 0 Å². The molecule has 2 N–H and O–H groups in total. The summed E-state index contributed by atoms with van der Waals surface area (Å²) in [6.07, 6.45) is 2.88. The molecule has 0 amide bonds. The van der Waals surface area contributed by atoms with Crippen molar-refractivity contribution >= 4 is 0 Å². The number of ether oxygens (including phenoxy) is 2. The lowest BCUT2D eigenvalue weighted by Crippen LogP contribution is -2.00. The first-order valence-electron chi connectivity index (χ1n) is 6.40. The van der Waals surface area contributed by atoms with Crippen LogP contribution in [0.4, 0.5) is 0 Å². The third-order valence-electron chi connectivity index (χ3n) is 3.16. The summed E-state index contributed by atoms with van der Waals surface area (Å²) in [7, 11) is 1.89. The van der Waals surface area contributed by atoms with Crippen molar-refractivity contribution in [3.05, 3.63) is 30.1 Å². The zero-order valence-corrected chi connectivity index (χ0v) is 10.9. The number of nitrogens with zero attached hydrogens (tertiary/aromatic N) is 2. The standard InChI is InChI=1S/C14H17N3O2/c1-17-9-11(12(8-15)16-17)10-3-4-13-14(7-10)19-6-2-5-18-13/h3-4,7,9H,2,5-6,8,15H2,1H3. The van der Waals surface area contributed by atoms with Gasteiger partial charge in [-0.2, -0.15) is 5.10 Å². The minimum atomic E-state index is 0.421. The van der Waals surface area contributed by atoms with Crippen LogP contribution in [-0.2, 0) is 13.6 Å². The van der Waals surface area contributed by atoms with Crippen molar-refractivity contribution in [2.45, 2.75) is 13.0 Å². The summed E-state index contributed by atoms with van der Waals surface area (Å²) in [6, 6.07) is 5.96. The molecule has 3 rings (SSSR count). The molecule has 0 atom stereocenters. The normalized spacial score (nSPS) is 14.2. The summed E-state index contributed by atoms with van der Waals surface area (Å²) in [5.74, 6) is 1.60. The van der Waals surface area contributed by atoms with Crippen LogP contribution in [0.1, 0.15) is 12.1 Å². The Labute approximate surface area is 111 Å². The first-order chi connectivity index (χ1) is 9.28. The quantitative estimate of drug-likeness (QED) is 0.891. The molecule has 0 unspecified atom stereocenters. The van der Waals surface area contributed by atoms with Gasteiger partial charge in [-0.25, -0.2) is 0 Å². The zero-order valence-electron chi connectivity index (χ0n) is 10.9. The van der Waals surface area contributed by atoms with E-state index in [1.807, 2.05) is 31.4 Å². The summed E-state index contributed by atoms with van der Waals surface area (Å²) in [6.45, 7) is 1.81. The number of nitrogens with two attached hydrogens (primary N) is 1. The highest BCUT2D eigenvalue weighted by Gasteiger charge is 2.14. The van der Waals surface area contributed by atoms with Crippen LogP contribution in [0.5, 0.6) is 11.5 Å². The minimum absolute atomic E-state index is 0.421. The second kappa shape index (κ2) is 4.93. The zero-order chi connectivity index (χ0) is 13.2. The molecule has 2 aromatic rings. The lowest BCUT2D eigenvalue weighted by Gasteiger charge is -2.09. The van der Waals surface area contributed by atoms with Crippen LogP contribution in [0.2, 0.25) is 0 Å². The van der Waals surface area contributed by atoms with E-state index < -0.39 is 0 Å². The molecule has 0 radical (unpaired) electrons. The van der Waals surface area contributed by atoms with Crippen LogP contribution in [0.25, 0.3) is 11.1 Å². The van der Waals surface area contributed by atoms with Crippen LogP contribution in [-0.4, -0.2) is 23.0 Å². The summed E-state index contributed by atoms with van der Waals surface area (Å²) < 4.78 is 13.1. The molecule has 100 valence electrons. The average Bonchev–Trinajstić information content (AvgIpc) is 2.66. The van der Waals surface area contributed by atoms with Crippen molar-refractivity contribution in [3.63, 3.8) is 0 Å². The van der Waals surface area contributed by atoms with Crippen molar-refractivity contribution in [3.8, 4) is 22.6 Å². The average molecular weight is 259 g/mol. The highest BCUT2D eigenvalue weighted by Crippen LogP contribution is 2.34. The van der Waals surface area contributed by atoms with Crippen molar-refractivity contribution in [2.24, 2.45) is 12.8 Å². The van der Waals surface area contributed by atoms with Crippen molar-refractivity contribution in [2.75, 3.05) is 13.2 Å². The van der Waals surface area contributed by atoms with Crippen LogP contribution in [0, 0.1) is 0 Å². The predicted octanol–water partition coefficient (Wildman–Crippen LogP) is 1.71. The van der Waals surface area contributed by atoms with Crippen LogP contribution in [0.15, 0.2) is 24.4 Å². The Morgan fingerprint density at radius 1 is 1.26 bits per heavy atom. The van der Waals surface area contributed by atoms with E-state index in [4.69, 9.17) is 15.2 Å². The maximum atomic E-state index is 5.73. The second-order valence-corrected chi connectivity index (χ2v) is 4.58. The lowest BCUT2D eigenvalue weighted by atomic mass is 10.1. The fourth-order valence-electron chi connectivity index (χ4n) is 2.26. The van der Waals surface area contributed by atoms with E-state index in [-0.39, 0.29) is 0 Å². The molecule has 19 heavy (non-hydrogen) atoms. The van der Waals surface area contributed by atoms with Gasteiger partial charge in [0.1, 0.15) is 0 Å². The van der Waals surface area contributed by atoms with Crippen LogP contribution < -0.4 is 15.2 Å². The van der Waals surface area contributed by atoms with Gasteiger partial charge in [0.25, 0.3) is 0 Å². The molecule has 1 aromatic heterocycles. The van der Waals surface area contributed by atoms with E-state index >= 15 is 0 Å². The molecule has 1 aliphatic rings. The lowest BCUT2D eigenvalue weighted by molar-refractivity contribution is 0.297. The van der Waals surface area contributed by atoms with Gasteiger partial charge < -0.3 is 15.2 Å². The Balaban J connectivity index is 2.03. The smallest absolute Gasteiger partial charge is 0.161 e. The second-order valence-electron chi connectivity index (χ2n) is 4.58. The molecule has 1 aliphatic heterocycles. The molecular formula is C14H17N3O2. The van der Waals surface area contributed by atoms with Gasteiger partial charge in [0.05, 0.1) is 18.9 Å². The van der Waals surface area contributed by atoms with Crippen molar-refractivity contribution < 1.29 is 9.47 Å². The maximum absolute atomic E-state index is 5.73. The molecule has 0 aliphatic carbocycles. The maximum Gasteiger partial charge on any atom is 0.161 e. The highest BCUT2D eigenvalue weighted by molar-refractivity contribution is 5.68. The number of fused-ring (bicyclic) bond motifs is 1. The molecule has 0 bridgehead atoms. The summed E-state index contributed by atoms with van der Waals surface area (Å²) >= 11 is 0. The monoisotopic (exact) mass is 259 g/mol. The number of rotatable bonds is 2. The Morgan fingerprint density at radius 2 is 2.05 bits per heavy atom. The molecule has 5 nitrogen and oxygen atoms in total. The molecular weight excluding hydrogens is 242 g/mol. The first-order valence-corrected chi connectivity index (χ1v) is 6.40. The van der Waals surface area contributed by atoms with Gasteiger partial charge in [-0.3, -0.25) is 4.68 Å². The van der Waals surface area contributed by atoms with E-state index in [1.165, 1.54) is 0 Å². The van der Waals surface area contributed by atoms with Gasteiger partial charge in [0.2, 0.25) is 0 Å². The summed E-state index contributed by atoms with van der Waals surface area (Å²) in [5, 5.41) is 4.36. The molecule has 0 fully saturated rings. The van der Waals surface area contributed by atoms with Crippen LogP contribution in [0.3, 0.4) is 0 Å². The fourth-order valence-corrected chi connectivity index (χ4v) is 2.26. The van der Waals surface area contributed by atoms with Gasteiger partial charge in [-0.1, -0.05) is 6.07 Å². The van der Waals surface area contributed by atoms with Gasteiger partial charge in [-0.05, 0) is 17.7 Å². The number of hydrogen-bond donors (Lipinski definition) is 1. The van der Waals surface area contributed by atoms with Crippen LogP contribution >= 0.6 is 0 Å². The number of hydrogen-bond acceptors (Lipinski definition) is 4. The largest absolute Gasteiger partial charge is 0.490 e. The molecule has 2 heterocycles. The van der Waals surface area contributed by atoms with E-state index in [1.54, 1.807) is 4.68 Å². The van der Waals surface area contributed by atoms with Gasteiger partial charge in [0, 0.05) is 31.8 Å². The molecule has 0 saturated carbocycles. The van der Waals surface area contributed by atoms with Crippen molar-refractivity contribution in [1.29, 1.82) is 0 Å². The number of aromatic nitrogens is 2. The predicted molar refractivity (Wildman–Crippen MR) is 72.1 cm³/mol. The Kier molecular flexibility index (Phi) is 3.13. The van der Waals surface area contributed by atoms with Gasteiger partial charge in [-0.15, -0.1) is 0 Å². The third kappa shape index (κ3) is 2.29. The molecule has 0 saturated heterocycles. The number of benzene rings is 1. The Bertz CT molecular complexity index is 592. The fraction of sp³-hybridized carbons (Fsp3) is 0.357. The minimum Gasteiger partial charge on any atom is -0.490 e. The van der Waals surface area contributed by atoms with Gasteiger partial charge >= 0.3 is 0 Å². The molecule has 0 spiro atoms. The molecule has 5 heteroatoms. The van der Waals surface area contributed by atoms with E-state index in [2.05, 4.69) is 5.10 Å². The highest BCUT2D eigenvalue weighted by atomic mass is 16.5. The van der Waals surface area contributed by atoms with Crippen molar-refractivity contribution in [1.82, 2.24) is 9.78 Å². The first kappa shape index (κ1) is 12.0. The van der Waals surface area contributed by atoms with Gasteiger partial charge in [0.15, 0.2) is 11.5 Å².